The van der Waals surface area contributed by atoms with Crippen molar-refractivity contribution < 1.29 is 14.6 Å². The molecule has 5 heteroatoms. The third kappa shape index (κ3) is 2.25. The van der Waals surface area contributed by atoms with E-state index < -0.39 is 5.97 Å². The van der Waals surface area contributed by atoms with Crippen LogP contribution in [-0.4, -0.2) is 23.2 Å². The Morgan fingerprint density at radius 1 is 1.24 bits per heavy atom. The molecule has 1 aromatic heterocycles. The number of aromatic carboxylic acids is 1. The lowest BCUT2D eigenvalue weighted by Crippen LogP contribution is -1.98. The number of methoxy groups -OCH3 is 1. The zero-order chi connectivity index (χ0) is 15.0. The van der Waals surface area contributed by atoms with Gasteiger partial charge in [-0.05, 0) is 23.8 Å². The van der Waals surface area contributed by atoms with Gasteiger partial charge >= 0.3 is 5.97 Å². The molecule has 0 radical (unpaired) electrons. The number of aromatic nitrogens is 1. The van der Waals surface area contributed by atoms with Gasteiger partial charge in [0, 0.05) is 4.88 Å². The monoisotopic (exact) mass is 299 g/mol. The molecule has 0 spiro atoms. The van der Waals surface area contributed by atoms with Gasteiger partial charge in [-0.15, -0.1) is 11.3 Å². The summed E-state index contributed by atoms with van der Waals surface area (Å²) in [7, 11) is 1.60. The number of nitrogens with zero attached hydrogens (tertiary/aromatic N) is 1. The first-order valence-electron chi connectivity index (χ1n) is 6.38. The lowest BCUT2D eigenvalue weighted by atomic mass is 10.0. The highest BCUT2D eigenvalue weighted by Crippen LogP contribution is 2.39. The molecule has 0 aliphatic heterocycles. The summed E-state index contributed by atoms with van der Waals surface area (Å²) in [6.45, 7) is 1.77. The van der Waals surface area contributed by atoms with Crippen molar-refractivity contribution in [2.45, 2.75) is 6.92 Å². The predicted molar refractivity (Wildman–Crippen MR) is 83.3 cm³/mol. The Morgan fingerprint density at radius 3 is 2.67 bits per heavy atom. The van der Waals surface area contributed by atoms with Crippen LogP contribution in [0.1, 0.15) is 15.4 Å². The zero-order valence-electron chi connectivity index (χ0n) is 11.6. The van der Waals surface area contributed by atoms with E-state index in [1.54, 1.807) is 14.0 Å². The van der Waals surface area contributed by atoms with Crippen LogP contribution in [0, 0.1) is 6.92 Å². The smallest absolute Gasteiger partial charge is 0.355 e. The van der Waals surface area contributed by atoms with E-state index in [1.165, 1.54) is 11.3 Å². The fourth-order valence-electron chi connectivity index (χ4n) is 2.34. The number of carboxylic acids is 1. The van der Waals surface area contributed by atoms with Gasteiger partial charge in [0.15, 0.2) is 5.69 Å². The van der Waals surface area contributed by atoms with Gasteiger partial charge in [-0.3, -0.25) is 0 Å². The highest BCUT2D eigenvalue weighted by atomic mass is 32.1. The van der Waals surface area contributed by atoms with Gasteiger partial charge in [-0.25, -0.2) is 9.78 Å². The molecule has 21 heavy (non-hydrogen) atoms. The van der Waals surface area contributed by atoms with E-state index in [1.807, 2.05) is 36.4 Å². The quantitative estimate of drug-likeness (QED) is 0.794. The molecule has 0 unspecified atom stereocenters. The molecule has 0 aliphatic rings. The molecule has 4 nitrogen and oxygen atoms in total. The maximum absolute atomic E-state index is 11.2. The molecule has 2 aromatic carbocycles. The summed E-state index contributed by atoms with van der Waals surface area (Å²) in [5.41, 5.74) is 0.946. The summed E-state index contributed by atoms with van der Waals surface area (Å²) in [6, 6.07) is 11.8. The SMILES string of the molecule is COc1ccc2ccccc2c1-c1nc(C(=O)O)c(C)s1. The van der Waals surface area contributed by atoms with Crippen LogP contribution in [0.5, 0.6) is 5.75 Å². The number of rotatable bonds is 3. The second-order valence-electron chi connectivity index (χ2n) is 4.59. The van der Waals surface area contributed by atoms with Crippen LogP contribution in [0.4, 0.5) is 0 Å². The van der Waals surface area contributed by atoms with E-state index in [4.69, 9.17) is 4.74 Å². The first-order valence-corrected chi connectivity index (χ1v) is 7.20. The number of aryl methyl sites for hydroxylation is 1. The minimum absolute atomic E-state index is 0.102. The summed E-state index contributed by atoms with van der Waals surface area (Å²) in [6.07, 6.45) is 0. The minimum Gasteiger partial charge on any atom is -0.496 e. The van der Waals surface area contributed by atoms with Crippen molar-refractivity contribution in [3.63, 3.8) is 0 Å². The maximum Gasteiger partial charge on any atom is 0.355 e. The lowest BCUT2D eigenvalue weighted by Gasteiger charge is -2.09. The van der Waals surface area contributed by atoms with Crippen LogP contribution in [0.2, 0.25) is 0 Å². The normalized spacial score (nSPS) is 10.8. The number of ether oxygens (including phenoxy) is 1. The van der Waals surface area contributed by atoms with E-state index in [0.717, 1.165) is 16.3 Å². The molecule has 0 bridgehead atoms. The molecule has 0 saturated heterocycles. The first kappa shape index (κ1) is 13.6. The summed E-state index contributed by atoms with van der Waals surface area (Å²) < 4.78 is 5.44. The van der Waals surface area contributed by atoms with Gasteiger partial charge in [-0.2, -0.15) is 0 Å². The highest BCUT2D eigenvalue weighted by Gasteiger charge is 2.19. The third-order valence-corrected chi connectivity index (χ3v) is 4.31. The average Bonchev–Trinajstić information content (AvgIpc) is 2.87. The molecular formula is C16H13NO3S. The van der Waals surface area contributed by atoms with E-state index in [-0.39, 0.29) is 5.69 Å². The van der Waals surface area contributed by atoms with E-state index in [0.29, 0.717) is 15.6 Å². The Hall–Kier alpha value is -2.40. The first-order chi connectivity index (χ1) is 10.1. The van der Waals surface area contributed by atoms with Gasteiger partial charge in [-0.1, -0.05) is 30.3 Å². The number of carbonyl (C=O) groups is 1. The maximum atomic E-state index is 11.2. The molecule has 3 rings (SSSR count). The van der Waals surface area contributed by atoms with E-state index in [2.05, 4.69) is 4.98 Å². The summed E-state index contributed by atoms with van der Waals surface area (Å²) >= 11 is 1.37. The van der Waals surface area contributed by atoms with E-state index in [9.17, 15) is 9.90 Å². The molecular weight excluding hydrogens is 286 g/mol. The fraction of sp³-hybridized carbons (Fsp3) is 0.125. The highest BCUT2D eigenvalue weighted by molar-refractivity contribution is 7.15. The van der Waals surface area contributed by atoms with Crippen LogP contribution in [0.3, 0.4) is 0 Å². The Balaban J connectivity index is 2.32. The molecule has 3 aromatic rings. The molecule has 1 N–H and O–H groups in total. The predicted octanol–water partition coefficient (Wildman–Crippen LogP) is 3.98. The van der Waals surface area contributed by atoms with Crippen molar-refractivity contribution in [1.82, 2.24) is 4.98 Å². The van der Waals surface area contributed by atoms with Gasteiger partial charge in [0.25, 0.3) is 0 Å². The van der Waals surface area contributed by atoms with Crippen LogP contribution in [-0.2, 0) is 0 Å². The third-order valence-electron chi connectivity index (χ3n) is 3.32. The minimum atomic E-state index is -1.01. The standard InChI is InChI=1S/C16H13NO3S/c1-9-14(16(18)19)17-15(21-9)13-11-6-4-3-5-10(11)7-8-12(13)20-2/h3-8H,1-2H3,(H,18,19). The molecule has 0 atom stereocenters. The fourth-order valence-corrected chi connectivity index (χ4v) is 3.31. The molecule has 1 heterocycles. The Bertz CT molecular complexity index is 839. The van der Waals surface area contributed by atoms with Gasteiger partial charge in [0.2, 0.25) is 0 Å². The Morgan fingerprint density at radius 2 is 2.00 bits per heavy atom. The van der Waals surface area contributed by atoms with Crippen molar-refractivity contribution in [3.8, 4) is 16.3 Å². The molecule has 0 aliphatic carbocycles. The van der Waals surface area contributed by atoms with Gasteiger partial charge < -0.3 is 9.84 Å². The molecule has 0 fully saturated rings. The van der Waals surface area contributed by atoms with Crippen molar-refractivity contribution >= 4 is 28.1 Å². The zero-order valence-corrected chi connectivity index (χ0v) is 12.4. The number of carboxylic acid groups (broad SMARTS) is 1. The molecule has 106 valence electrons. The van der Waals surface area contributed by atoms with Crippen molar-refractivity contribution in [3.05, 3.63) is 47.0 Å². The largest absolute Gasteiger partial charge is 0.496 e. The van der Waals surface area contributed by atoms with Gasteiger partial charge in [0.05, 0.1) is 12.7 Å². The number of fused-ring (bicyclic) bond motifs is 1. The van der Waals surface area contributed by atoms with Crippen LogP contribution in [0.15, 0.2) is 36.4 Å². The Labute approximate surface area is 125 Å². The van der Waals surface area contributed by atoms with Crippen LogP contribution < -0.4 is 4.74 Å². The number of benzene rings is 2. The second-order valence-corrected chi connectivity index (χ2v) is 5.80. The van der Waals surface area contributed by atoms with Crippen molar-refractivity contribution in [2.75, 3.05) is 7.11 Å². The average molecular weight is 299 g/mol. The lowest BCUT2D eigenvalue weighted by molar-refractivity contribution is 0.0690. The van der Waals surface area contributed by atoms with Crippen LogP contribution >= 0.6 is 11.3 Å². The number of hydrogen-bond donors (Lipinski definition) is 1. The number of hydrogen-bond acceptors (Lipinski definition) is 4. The summed E-state index contributed by atoms with van der Waals surface area (Å²) in [5.74, 6) is -0.311. The molecule has 0 amide bonds. The number of thiazole rings is 1. The van der Waals surface area contributed by atoms with Crippen molar-refractivity contribution in [1.29, 1.82) is 0 Å². The topological polar surface area (TPSA) is 59.4 Å². The van der Waals surface area contributed by atoms with Crippen molar-refractivity contribution in [2.24, 2.45) is 0 Å². The molecule has 0 saturated carbocycles. The Kier molecular flexibility index (Phi) is 3.35. The summed E-state index contributed by atoms with van der Waals surface area (Å²) in [5, 5.41) is 11.9. The second kappa shape index (κ2) is 5.18. The van der Waals surface area contributed by atoms with E-state index >= 15 is 0 Å². The van der Waals surface area contributed by atoms with Crippen LogP contribution in [0.25, 0.3) is 21.3 Å². The van der Waals surface area contributed by atoms with Gasteiger partial charge in [0.1, 0.15) is 10.8 Å². The summed E-state index contributed by atoms with van der Waals surface area (Å²) in [4.78, 5) is 16.2.